The number of aliphatic carboxylic acids is 1. The van der Waals surface area contributed by atoms with E-state index in [9.17, 15) is 9.59 Å². The van der Waals surface area contributed by atoms with Crippen molar-refractivity contribution in [2.24, 2.45) is 0 Å². The van der Waals surface area contributed by atoms with E-state index in [1.165, 1.54) is 0 Å². The summed E-state index contributed by atoms with van der Waals surface area (Å²) in [4.78, 5) is 26.4. The van der Waals surface area contributed by atoms with Crippen LogP contribution in [0.1, 0.15) is 25.7 Å². The molecule has 0 aromatic heterocycles. The summed E-state index contributed by atoms with van der Waals surface area (Å²) in [6, 6.07) is -0.452. The van der Waals surface area contributed by atoms with E-state index in [1.54, 1.807) is 4.90 Å². The van der Waals surface area contributed by atoms with Gasteiger partial charge in [0.15, 0.2) is 0 Å². The molecule has 90 valence electrons. The van der Waals surface area contributed by atoms with Gasteiger partial charge in [0.05, 0.1) is 6.54 Å². The summed E-state index contributed by atoms with van der Waals surface area (Å²) in [7, 11) is 0. The van der Waals surface area contributed by atoms with Crippen LogP contribution >= 0.6 is 0 Å². The summed E-state index contributed by atoms with van der Waals surface area (Å²) >= 11 is 0. The molecular weight excluding hydrogens is 208 g/mol. The Labute approximate surface area is 95.0 Å². The number of carboxylic acids is 1. The first-order valence-electron chi connectivity index (χ1n) is 5.93. The van der Waals surface area contributed by atoms with Gasteiger partial charge in [0, 0.05) is 13.1 Å². The zero-order chi connectivity index (χ0) is 11.5. The third kappa shape index (κ3) is 2.35. The molecule has 1 N–H and O–H groups in total. The molecule has 2 aliphatic rings. The lowest BCUT2D eigenvalue weighted by molar-refractivity contribution is -0.143. The van der Waals surface area contributed by atoms with Crippen LogP contribution in [0.5, 0.6) is 0 Å². The second-order valence-corrected chi connectivity index (χ2v) is 4.55. The second kappa shape index (κ2) is 4.82. The Morgan fingerprint density at radius 1 is 1.12 bits per heavy atom. The molecule has 0 radical (unpaired) electrons. The highest BCUT2D eigenvalue weighted by molar-refractivity contribution is 5.80. The SMILES string of the molecule is O=C(O)C1CCCN1CC(=O)N1CCCC1. The Balaban J connectivity index is 1.88. The highest BCUT2D eigenvalue weighted by Crippen LogP contribution is 2.18. The number of hydrogen-bond donors (Lipinski definition) is 1. The Bertz CT molecular complexity index is 287. The lowest BCUT2D eigenvalue weighted by atomic mass is 10.2. The predicted octanol–water partition coefficient (Wildman–Crippen LogP) is 0.158. The van der Waals surface area contributed by atoms with Gasteiger partial charge in [0.25, 0.3) is 0 Å². The van der Waals surface area contributed by atoms with Crippen LogP contribution in [-0.4, -0.2) is 59.0 Å². The van der Waals surface area contributed by atoms with E-state index < -0.39 is 12.0 Å². The molecule has 2 saturated heterocycles. The molecule has 1 atom stereocenters. The number of rotatable bonds is 3. The van der Waals surface area contributed by atoms with E-state index in [1.807, 2.05) is 4.90 Å². The first-order chi connectivity index (χ1) is 7.68. The quantitative estimate of drug-likeness (QED) is 0.744. The van der Waals surface area contributed by atoms with Crippen molar-refractivity contribution in [2.45, 2.75) is 31.7 Å². The summed E-state index contributed by atoms with van der Waals surface area (Å²) in [5.74, 6) is -0.711. The van der Waals surface area contributed by atoms with Crippen LogP contribution in [0.25, 0.3) is 0 Å². The minimum atomic E-state index is -0.799. The number of carbonyl (C=O) groups excluding carboxylic acids is 1. The van der Waals surface area contributed by atoms with Gasteiger partial charge in [-0.15, -0.1) is 0 Å². The maximum Gasteiger partial charge on any atom is 0.320 e. The molecule has 0 aromatic rings. The van der Waals surface area contributed by atoms with Crippen LogP contribution in [0.2, 0.25) is 0 Å². The molecule has 1 amide bonds. The minimum absolute atomic E-state index is 0.0886. The fourth-order valence-electron chi connectivity index (χ4n) is 2.54. The van der Waals surface area contributed by atoms with Crippen LogP contribution in [0, 0.1) is 0 Å². The van der Waals surface area contributed by atoms with Gasteiger partial charge in [-0.25, -0.2) is 0 Å². The van der Waals surface area contributed by atoms with E-state index in [0.29, 0.717) is 6.42 Å². The summed E-state index contributed by atoms with van der Waals surface area (Å²) in [5, 5.41) is 9.00. The molecule has 2 aliphatic heterocycles. The molecule has 16 heavy (non-hydrogen) atoms. The largest absolute Gasteiger partial charge is 0.480 e. The molecule has 1 unspecified atom stereocenters. The van der Waals surface area contributed by atoms with Crippen molar-refractivity contribution in [1.29, 1.82) is 0 Å². The maximum absolute atomic E-state index is 11.9. The number of hydrogen-bond acceptors (Lipinski definition) is 3. The van der Waals surface area contributed by atoms with Crippen molar-refractivity contribution in [3.63, 3.8) is 0 Å². The average molecular weight is 226 g/mol. The van der Waals surface area contributed by atoms with Crippen LogP contribution < -0.4 is 0 Å². The zero-order valence-corrected chi connectivity index (χ0v) is 9.39. The van der Waals surface area contributed by atoms with Gasteiger partial charge in [-0.1, -0.05) is 0 Å². The molecule has 5 heteroatoms. The van der Waals surface area contributed by atoms with Crippen LogP contribution in [0.4, 0.5) is 0 Å². The van der Waals surface area contributed by atoms with Crippen molar-refractivity contribution in [1.82, 2.24) is 9.80 Å². The molecule has 2 heterocycles. The van der Waals surface area contributed by atoms with Crippen molar-refractivity contribution >= 4 is 11.9 Å². The van der Waals surface area contributed by atoms with Gasteiger partial charge in [0.2, 0.25) is 5.91 Å². The van der Waals surface area contributed by atoms with Crippen molar-refractivity contribution < 1.29 is 14.7 Å². The van der Waals surface area contributed by atoms with E-state index in [4.69, 9.17) is 5.11 Å². The monoisotopic (exact) mass is 226 g/mol. The summed E-state index contributed by atoms with van der Waals surface area (Å²) < 4.78 is 0. The smallest absolute Gasteiger partial charge is 0.320 e. The van der Waals surface area contributed by atoms with Gasteiger partial charge in [-0.2, -0.15) is 0 Å². The van der Waals surface area contributed by atoms with Crippen LogP contribution in [0.3, 0.4) is 0 Å². The first kappa shape index (κ1) is 11.4. The highest BCUT2D eigenvalue weighted by Gasteiger charge is 2.32. The maximum atomic E-state index is 11.9. The van der Waals surface area contributed by atoms with Crippen LogP contribution in [-0.2, 0) is 9.59 Å². The first-order valence-corrected chi connectivity index (χ1v) is 5.93. The number of carboxylic acid groups (broad SMARTS) is 1. The Morgan fingerprint density at radius 2 is 1.81 bits per heavy atom. The van der Waals surface area contributed by atoms with Gasteiger partial charge >= 0.3 is 5.97 Å². The summed E-state index contributed by atoms with van der Waals surface area (Å²) in [5.41, 5.74) is 0. The van der Waals surface area contributed by atoms with Crippen molar-refractivity contribution in [2.75, 3.05) is 26.2 Å². The average Bonchev–Trinajstić information content (AvgIpc) is 2.86. The van der Waals surface area contributed by atoms with E-state index in [-0.39, 0.29) is 12.5 Å². The van der Waals surface area contributed by atoms with Gasteiger partial charge in [-0.3, -0.25) is 14.5 Å². The lowest BCUT2D eigenvalue weighted by Gasteiger charge is -2.23. The molecule has 0 spiro atoms. The molecule has 5 nitrogen and oxygen atoms in total. The Morgan fingerprint density at radius 3 is 2.44 bits per heavy atom. The Hall–Kier alpha value is -1.10. The topological polar surface area (TPSA) is 60.9 Å². The van der Waals surface area contributed by atoms with Crippen molar-refractivity contribution in [3.05, 3.63) is 0 Å². The van der Waals surface area contributed by atoms with Gasteiger partial charge < -0.3 is 10.0 Å². The normalized spacial score (nSPS) is 26.2. The number of amides is 1. The van der Waals surface area contributed by atoms with E-state index >= 15 is 0 Å². The predicted molar refractivity (Wildman–Crippen MR) is 58.0 cm³/mol. The third-order valence-electron chi connectivity index (χ3n) is 3.45. The fourth-order valence-corrected chi connectivity index (χ4v) is 2.54. The van der Waals surface area contributed by atoms with Crippen LogP contribution in [0.15, 0.2) is 0 Å². The van der Waals surface area contributed by atoms with Gasteiger partial charge in [0.1, 0.15) is 6.04 Å². The molecule has 2 rings (SSSR count). The summed E-state index contributed by atoms with van der Waals surface area (Å²) in [6.07, 6.45) is 3.70. The highest BCUT2D eigenvalue weighted by atomic mass is 16.4. The molecule has 0 bridgehead atoms. The number of carbonyl (C=O) groups is 2. The van der Waals surface area contributed by atoms with Crippen molar-refractivity contribution in [3.8, 4) is 0 Å². The minimum Gasteiger partial charge on any atom is -0.480 e. The molecule has 2 fully saturated rings. The van der Waals surface area contributed by atoms with E-state index in [2.05, 4.69) is 0 Å². The van der Waals surface area contributed by atoms with E-state index in [0.717, 1.165) is 38.9 Å². The fraction of sp³-hybridized carbons (Fsp3) is 0.818. The number of nitrogens with zero attached hydrogens (tertiary/aromatic N) is 2. The third-order valence-corrected chi connectivity index (χ3v) is 3.45. The molecule has 0 aromatic carbocycles. The Kier molecular flexibility index (Phi) is 3.43. The lowest BCUT2D eigenvalue weighted by Crippen LogP contribution is -2.43. The van der Waals surface area contributed by atoms with Gasteiger partial charge in [-0.05, 0) is 32.2 Å². The standard InChI is InChI=1S/C11H18N2O3/c14-10(12-5-1-2-6-12)8-13-7-3-4-9(13)11(15)16/h9H,1-8H2,(H,15,16). The summed E-state index contributed by atoms with van der Waals surface area (Å²) in [6.45, 7) is 2.68. The second-order valence-electron chi connectivity index (χ2n) is 4.55. The number of likely N-dealkylation sites (tertiary alicyclic amines) is 2. The molecule has 0 aliphatic carbocycles. The molecule has 0 saturated carbocycles. The zero-order valence-electron chi connectivity index (χ0n) is 9.39. The molecular formula is C11H18N2O3.